The first kappa shape index (κ1) is 16.3. The van der Waals surface area contributed by atoms with Gasteiger partial charge in [0.2, 0.25) is 0 Å². The van der Waals surface area contributed by atoms with Crippen molar-refractivity contribution in [1.29, 1.82) is 0 Å². The third-order valence-electron chi connectivity index (χ3n) is 3.21. The molecule has 0 spiro atoms. The lowest BCUT2D eigenvalue weighted by atomic mass is 10.1. The van der Waals surface area contributed by atoms with Gasteiger partial charge in [-0.3, -0.25) is 0 Å². The maximum atomic E-state index is 13.7. The van der Waals surface area contributed by atoms with Crippen molar-refractivity contribution in [2.45, 2.75) is 13.2 Å². The van der Waals surface area contributed by atoms with Crippen LogP contribution in [-0.2, 0) is 13.2 Å². The predicted octanol–water partition coefficient (Wildman–Crippen LogP) is 2.50. The molecule has 2 N–H and O–H groups in total. The molecule has 22 heavy (non-hydrogen) atoms. The first-order chi connectivity index (χ1) is 10.8. The average molecular weight is 305 g/mol. The summed E-state index contributed by atoms with van der Waals surface area (Å²) in [6.45, 7) is 1.21. The van der Waals surface area contributed by atoms with Crippen LogP contribution in [0.15, 0.2) is 42.5 Å². The molecule has 2 rings (SSSR count). The molecule has 0 fully saturated rings. The van der Waals surface area contributed by atoms with E-state index >= 15 is 0 Å². The number of benzene rings is 2. The normalized spacial score (nSPS) is 10.5. The van der Waals surface area contributed by atoms with Gasteiger partial charge >= 0.3 is 0 Å². The highest BCUT2D eigenvalue weighted by Gasteiger charge is 2.11. The zero-order valence-electron chi connectivity index (χ0n) is 12.5. The summed E-state index contributed by atoms with van der Waals surface area (Å²) < 4.78 is 24.8. The van der Waals surface area contributed by atoms with Gasteiger partial charge in [-0.05, 0) is 12.1 Å². The highest BCUT2D eigenvalue weighted by atomic mass is 19.1. The summed E-state index contributed by atoms with van der Waals surface area (Å²) in [7, 11) is 1.57. The van der Waals surface area contributed by atoms with Gasteiger partial charge in [-0.1, -0.05) is 30.3 Å². The zero-order valence-corrected chi connectivity index (χ0v) is 12.5. The third-order valence-corrected chi connectivity index (χ3v) is 3.21. The van der Waals surface area contributed by atoms with E-state index in [4.69, 9.17) is 14.6 Å². The summed E-state index contributed by atoms with van der Waals surface area (Å²) in [5, 5.41) is 11.9. The monoisotopic (exact) mass is 305 g/mol. The topological polar surface area (TPSA) is 50.7 Å². The Morgan fingerprint density at radius 1 is 1.09 bits per heavy atom. The highest BCUT2D eigenvalue weighted by Crippen LogP contribution is 2.32. The summed E-state index contributed by atoms with van der Waals surface area (Å²) in [5.74, 6) is 0.885. The SMILES string of the molecule is COc1cccc(CNCCO)c1OCc1ccccc1F. The van der Waals surface area contributed by atoms with Crippen molar-refractivity contribution in [1.82, 2.24) is 5.32 Å². The number of methoxy groups -OCH3 is 1. The van der Waals surface area contributed by atoms with E-state index < -0.39 is 0 Å². The Bertz CT molecular complexity index is 604. The number of aliphatic hydroxyl groups is 1. The molecule has 0 aliphatic heterocycles. The molecule has 0 radical (unpaired) electrons. The van der Waals surface area contributed by atoms with Crippen LogP contribution >= 0.6 is 0 Å². The maximum Gasteiger partial charge on any atom is 0.166 e. The van der Waals surface area contributed by atoms with Gasteiger partial charge in [0.05, 0.1) is 13.7 Å². The smallest absolute Gasteiger partial charge is 0.166 e. The van der Waals surface area contributed by atoms with E-state index in [1.165, 1.54) is 6.07 Å². The summed E-state index contributed by atoms with van der Waals surface area (Å²) in [4.78, 5) is 0. The molecule has 0 saturated heterocycles. The van der Waals surface area contributed by atoms with Crippen LogP contribution < -0.4 is 14.8 Å². The van der Waals surface area contributed by atoms with Gasteiger partial charge in [-0.25, -0.2) is 4.39 Å². The van der Waals surface area contributed by atoms with Gasteiger partial charge in [-0.2, -0.15) is 0 Å². The lowest BCUT2D eigenvalue weighted by molar-refractivity contribution is 0.273. The van der Waals surface area contributed by atoms with Crippen LogP contribution in [0.4, 0.5) is 4.39 Å². The molecule has 0 heterocycles. The molecule has 0 aliphatic carbocycles. The van der Waals surface area contributed by atoms with E-state index in [2.05, 4.69) is 5.32 Å². The first-order valence-corrected chi connectivity index (χ1v) is 7.10. The fourth-order valence-electron chi connectivity index (χ4n) is 2.09. The van der Waals surface area contributed by atoms with Crippen molar-refractivity contribution >= 4 is 0 Å². The molecule has 0 aromatic heterocycles. The highest BCUT2D eigenvalue weighted by molar-refractivity contribution is 5.46. The van der Waals surface area contributed by atoms with Gasteiger partial charge in [0.25, 0.3) is 0 Å². The van der Waals surface area contributed by atoms with Crippen LogP contribution in [0.25, 0.3) is 0 Å². The number of hydrogen-bond donors (Lipinski definition) is 2. The molecule has 0 bridgehead atoms. The Balaban J connectivity index is 2.15. The average Bonchev–Trinajstić information content (AvgIpc) is 2.55. The van der Waals surface area contributed by atoms with Crippen LogP contribution in [0, 0.1) is 5.82 Å². The van der Waals surface area contributed by atoms with E-state index in [0.29, 0.717) is 30.2 Å². The third kappa shape index (κ3) is 4.19. The number of aliphatic hydroxyl groups excluding tert-OH is 1. The Kier molecular flexibility index (Phi) is 6.18. The van der Waals surface area contributed by atoms with Crippen molar-refractivity contribution in [2.75, 3.05) is 20.3 Å². The molecule has 118 valence electrons. The van der Waals surface area contributed by atoms with E-state index in [9.17, 15) is 4.39 Å². The van der Waals surface area contributed by atoms with Crippen LogP contribution in [0.1, 0.15) is 11.1 Å². The second kappa shape index (κ2) is 8.36. The number of hydrogen-bond acceptors (Lipinski definition) is 4. The molecule has 0 saturated carbocycles. The molecular weight excluding hydrogens is 285 g/mol. The van der Waals surface area contributed by atoms with Crippen molar-refractivity contribution in [3.05, 3.63) is 59.4 Å². The van der Waals surface area contributed by atoms with Gasteiger partial charge in [0.1, 0.15) is 12.4 Å². The second-order valence-electron chi connectivity index (χ2n) is 4.73. The minimum absolute atomic E-state index is 0.0649. The summed E-state index contributed by atoms with van der Waals surface area (Å²) >= 11 is 0. The van der Waals surface area contributed by atoms with Gasteiger partial charge in [0.15, 0.2) is 11.5 Å². The van der Waals surface area contributed by atoms with Crippen molar-refractivity contribution in [2.24, 2.45) is 0 Å². The molecule has 5 heteroatoms. The predicted molar refractivity (Wildman–Crippen MR) is 82.5 cm³/mol. The van der Waals surface area contributed by atoms with E-state index in [1.54, 1.807) is 31.4 Å². The van der Waals surface area contributed by atoms with Crippen LogP contribution in [0.3, 0.4) is 0 Å². The number of ether oxygens (including phenoxy) is 2. The number of para-hydroxylation sites is 1. The fourth-order valence-corrected chi connectivity index (χ4v) is 2.09. The Morgan fingerprint density at radius 3 is 2.59 bits per heavy atom. The molecule has 0 aliphatic rings. The summed E-state index contributed by atoms with van der Waals surface area (Å²) in [5.41, 5.74) is 1.38. The summed E-state index contributed by atoms with van der Waals surface area (Å²) in [6.07, 6.45) is 0. The van der Waals surface area contributed by atoms with Crippen LogP contribution in [-0.4, -0.2) is 25.4 Å². The van der Waals surface area contributed by atoms with E-state index in [-0.39, 0.29) is 19.0 Å². The minimum Gasteiger partial charge on any atom is -0.493 e. The standard InChI is InChI=1S/C17H20FNO3/c1-21-16-8-4-6-13(11-19-9-10-20)17(16)22-12-14-5-2-3-7-15(14)18/h2-8,19-20H,9-12H2,1H3. The Labute approximate surface area is 129 Å². The fraction of sp³-hybridized carbons (Fsp3) is 0.294. The first-order valence-electron chi connectivity index (χ1n) is 7.10. The van der Waals surface area contributed by atoms with Gasteiger partial charge < -0.3 is 19.9 Å². The number of nitrogens with one attached hydrogen (secondary N) is 1. The lowest BCUT2D eigenvalue weighted by Gasteiger charge is -2.15. The number of rotatable bonds is 8. The molecule has 2 aromatic carbocycles. The van der Waals surface area contributed by atoms with Crippen molar-refractivity contribution in [3.63, 3.8) is 0 Å². The van der Waals surface area contributed by atoms with E-state index in [1.807, 2.05) is 12.1 Å². The molecule has 0 amide bonds. The summed E-state index contributed by atoms with van der Waals surface area (Å²) in [6, 6.07) is 12.1. The Hall–Kier alpha value is -2.11. The van der Waals surface area contributed by atoms with Gasteiger partial charge in [-0.15, -0.1) is 0 Å². The molecule has 0 unspecified atom stereocenters. The second-order valence-corrected chi connectivity index (χ2v) is 4.73. The molecule has 2 aromatic rings. The largest absolute Gasteiger partial charge is 0.493 e. The number of halogens is 1. The van der Waals surface area contributed by atoms with Gasteiger partial charge in [0, 0.05) is 24.2 Å². The minimum atomic E-state index is -0.294. The van der Waals surface area contributed by atoms with Crippen LogP contribution in [0.5, 0.6) is 11.5 Å². The quantitative estimate of drug-likeness (QED) is 0.736. The van der Waals surface area contributed by atoms with E-state index in [0.717, 1.165) is 5.56 Å². The molecule has 0 atom stereocenters. The maximum absolute atomic E-state index is 13.7. The van der Waals surface area contributed by atoms with Crippen LogP contribution in [0.2, 0.25) is 0 Å². The van der Waals surface area contributed by atoms with Crippen molar-refractivity contribution in [3.8, 4) is 11.5 Å². The van der Waals surface area contributed by atoms with Crippen molar-refractivity contribution < 1.29 is 19.0 Å². The molecular formula is C17H20FNO3. The lowest BCUT2D eigenvalue weighted by Crippen LogP contribution is -2.18. The molecule has 4 nitrogen and oxygen atoms in total. The Morgan fingerprint density at radius 2 is 1.86 bits per heavy atom. The zero-order chi connectivity index (χ0) is 15.8.